The van der Waals surface area contributed by atoms with E-state index >= 15 is 0 Å². The number of aryl methyl sites for hydroxylation is 4. The second-order valence-corrected chi connectivity index (χ2v) is 39.2. The molecule has 1 heterocycles. The van der Waals surface area contributed by atoms with Crippen LogP contribution in [0.4, 0.5) is 0 Å². The first kappa shape index (κ1) is 38.0. The zero-order valence-corrected chi connectivity index (χ0v) is 39.0. The van der Waals surface area contributed by atoms with Crippen LogP contribution >= 0.6 is 17.0 Å². The number of benzene rings is 6. The Morgan fingerprint density at radius 3 is 1.46 bits per heavy atom. The van der Waals surface area contributed by atoms with Gasteiger partial charge in [0.25, 0.3) is 0 Å². The quantitative estimate of drug-likeness (QED) is 0.127. The number of allylic oxidation sites excluding steroid dienone is 2. The fraction of sp³-hybridized carbons (Fsp3) is 0.231. The van der Waals surface area contributed by atoms with Crippen LogP contribution in [-0.2, 0) is 16.4 Å². The van der Waals surface area contributed by atoms with Gasteiger partial charge in [0.05, 0.1) is 0 Å². The Hall–Kier alpha value is -3.52. The van der Waals surface area contributed by atoms with Gasteiger partial charge in [0.2, 0.25) is 0 Å². The van der Waals surface area contributed by atoms with Crippen molar-refractivity contribution >= 4 is 52.3 Å². The van der Waals surface area contributed by atoms with Gasteiger partial charge in [-0.15, -0.1) is 0 Å². The molecule has 56 heavy (non-hydrogen) atoms. The van der Waals surface area contributed by atoms with Gasteiger partial charge < -0.3 is 0 Å². The van der Waals surface area contributed by atoms with E-state index in [2.05, 4.69) is 169 Å². The van der Waals surface area contributed by atoms with Gasteiger partial charge in [-0.2, -0.15) is 0 Å². The molecule has 6 aromatic rings. The summed E-state index contributed by atoms with van der Waals surface area (Å²) in [6.45, 7) is 13.7. The van der Waals surface area contributed by atoms with Crippen molar-refractivity contribution in [3.05, 3.63) is 171 Å². The summed E-state index contributed by atoms with van der Waals surface area (Å²) in [6.07, 6.45) is 9.09. The number of hydrogen-bond donors (Lipinski definition) is 0. The van der Waals surface area contributed by atoms with Gasteiger partial charge in [0.15, 0.2) is 0 Å². The van der Waals surface area contributed by atoms with Crippen LogP contribution in [-0.4, -0.2) is 9.52 Å². The minimum atomic E-state index is -5.59. The molecule has 0 radical (unpaired) electrons. The molecule has 0 saturated carbocycles. The van der Waals surface area contributed by atoms with Gasteiger partial charge in [-0.3, -0.25) is 0 Å². The Bertz CT molecular complexity index is 2510. The summed E-state index contributed by atoms with van der Waals surface area (Å²) in [4.78, 5) is 0. The summed E-state index contributed by atoms with van der Waals surface area (Å²) < 4.78 is 1.18. The zero-order chi connectivity index (χ0) is 39.0. The third-order valence-corrected chi connectivity index (χ3v) is 36.1. The van der Waals surface area contributed by atoms with E-state index in [-0.39, 0.29) is 7.25 Å². The first-order valence-corrected chi connectivity index (χ1v) is 32.5. The van der Waals surface area contributed by atoms with Crippen LogP contribution in [0.1, 0.15) is 91.3 Å². The Labute approximate surface area is 344 Å². The van der Waals surface area contributed by atoms with E-state index in [1.165, 1.54) is 103 Å². The van der Waals surface area contributed by atoms with Gasteiger partial charge in [-0.25, -0.2) is 0 Å². The first-order valence-electron chi connectivity index (χ1n) is 20.6. The van der Waals surface area contributed by atoms with Crippen molar-refractivity contribution < 1.29 is 16.4 Å². The standard InChI is InChI=1S/2C20H21.C12H9Si.2ClH.Zr/c2*1-4-7-16-12-17-11-10-15(3)20(19(17)13-16)18-9-6-5-8-14(18)2;1-3-7-11-9(5-1)10-6-2-4-8-12(10)13-11;;;/h2*5-6,8-13H,4,7H2,1-3H3;1-7H,13H2;2*1H;/q;;;;;+2/p-2. The molecule has 3 aliphatic rings. The summed E-state index contributed by atoms with van der Waals surface area (Å²) in [5.41, 5.74) is 21.3. The maximum absolute atomic E-state index is 9.33. The molecule has 2 aliphatic carbocycles. The van der Waals surface area contributed by atoms with Crippen molar-refractivity contribution in [2.45, 2.75) is 74.5 Å². The van der Waals surface area contributed by atoms with Crippen molar-refractivity contribution in [3.8, 4) is 33.4 Å². The molecule has 0 spiro atoms. The SMILES string of the molecule is CCCC1=Cc2c(ccc(C)c2-c2ccccc2C)[CH]1[Zr]([Cl])([Cl])([c]1cccc2c1[SiH2]c1ccccc1-2)[CH]1C(CCC)=Cc2c1ccc(C)c2-c1ccccc1C. The van der Waals surface area contributed by atoms with E-state index in [0.717, 1.165) is 25.7 Å². The normalized spacial score (nSPS) is 17.8. The molecule has 0 fully saturated rings. The van der Waals surface area contributed by atoms with E-state index < -0.39 is 25.9 Å². The summed E-state index contributed by atoms with van der Waals surface area (Å²) in [6, 6.07) is 43.4. The van der Waals surface area contributed by atoms with Gasteiger partial charge in [-0.1, -0.05) is 0 Å². The topological polar surface area (TPSA) is 0 Å². The average Bonchev–Trinajstić information content (AvgIpc) is 3.88. The number of rotatable bonds is 9. The molecule has 9 rings (SSSR count). The van der Waals surface area contributed by atoms with E-state index in [0.29, 0.717) is 0 Å². The molecule has 2 atom stereocenters. The van der Waals surface area contributed by atoms with Crippen LogP contribution in [0.15, 0.2) is 126 Å². The molecular weight excluding hydrogens is 815 g/mol. The average molecular weight is 866 g/mol. The molecule has 281 valence electrons. The predicted molar refractivity (Wildman–Crippen MR) is 245 cm³/mol. The van der Waals surface area contributed by atoms with E-state index in [9.17, 15) is 17.0 Å². The molecule has 2 unspecified atom stereocenters. The van der Waals surface area contributed by atoms with Crippen LogP contribution in [0, 0.1) is 27.7 Å². The maximum atomic E-state index is 9.33. The van der Waals surface area contributed by atoms with E-state index in [1.807, 2.05) is 0 Å². The van der Waals surface area contributed by atoms with Crippen LogP contribution in [0.3, 0.4) is 0 Å². The third kappa shape index (κ3) is 5.68. The van der Waals surface area contributed by atoms with Gasteiger partial charge >= 0.3 is 348 Å². The van der Waals surface area contributed by atoms with Gasteiger partial charge in [0, 0.05) is 0 Å². The number of fused-ring (bicyclic) bond motifs is 5. The van der Waals surface area contributed by atoms with Crippen LogP contribution < -0.4 is 13.6 Å². The first-order chi connectivity index (χ1) is 27.1. The zero-order valence-electron chi connectivity index (χ0n) is 33.6. The molecule has 4 heteroatoms. The molecular formula is C52H51Cl2SiZr. The second kappa shape index (κ2) is 14.4. The van der Waals surface area contributed by atoms with E-state index in [4.69, 9.17) is 0 Å². The summed E-state index contributed by atoms with van der Waals surface area (Å²) in [7, 11) is 17.8. The molecule has 0 saturated heterocycles. The van der Waals surface area contributed by atoms with Crippen molar-refractivity contribution in [2.24, 2.45) is 0 Å². The Balaban J connectivity index is 1.40. The molecule has 1 aliphatic heterocycles. The Morgan fingerprint density at radius 1 is 0.500 bits per heavy atom. The monoisotopic (exact) mass is 863 g/mol. The number of hydrogen-bond acceptors (Lipinski definition) is 0. The van der Waals surface area contributed by atoms with E-state index in [1.54, 1.807) is 0 Å². The van der Waals surface area contributed by atoms with Crippen LogP contribution in [0.2, 0.25) is 0 Å². The van der Waals surface area contributed by atoms with Gasteiger partial charge in [-0.05, 0) is 0 Å². The Morgan fingerprint density at radius 2 is 0.964 bits per heavy atom. The fourth-order valence-corrected chi connectivity index (χ4v) is 39.0. The van der Waals surface area contributed by atoms with Crippen LogP contribution in [0.5, 0.6) is 0 Å². The van der Waals surface area contributed by atoms with Crippen molar-refractivity contribution in [2.75, 3.05) is 0 Å². The summed E-state index contributed by atoms with van der Waals surface area (Å²) >= 11 is -5.59. The molecule has 0 aromatic heterocycles. The second-order valence-electron chi connectivity index (χ2n) is 16.8. The molecule has 6 aromatic carbocycles. The van der Waals surface area contributed by atoms with Crippen molar-refractivity contribution in [1.82, 2.24) is 0 Å². The van der Waals surface area contributed by atoms with Crippen molar-refractivity contribution in [1.29, 1.82) is 0 Å². The minimum absolute atomic E-state index is 0.0678. The fourth-order valence-electron chi connectivity index (χ4n) is 11.0. The van der Waals surface area contributed by atoms with Crippen LogP contribution in [0.25, 0.3) is 45.5 Å². The predicted octanol–water partition coefficient (Wildman–Crippen LogP) is 12.9. The Kier molecular flexibility index (Phi) is 9.77. The molecule has 0 bridgehead atoms. The molecule has 0 nitrogen and oxygen atoms in total. The third-order valence-electron chi connectivity index (χ3n) is 13.3. The summed E-state index contributed by atoms with van der Waals surface area (Å²) in [5.74, 6) is 0. The molecule has 0 amide bonds. The summed E-state index contributed by atoms with van der Waals surface area (Å²) in [5, 5.41) is 2.98. The molecule has 0 N–H and O–H groups in total. The van der Waals surface area contributed by atoms with Crippen molar-refractivity contribution in [3.63, 3.8) is 0 Å². The number of halogens is 2. The van der Waals surface area contributed by atoms with Gasteiger partial charge in [0.1, 0.15) is 0 Å².